The molecule has 2 rings (SSSR count). The molecule has 1 aliphatic rings. The summed E-state index contributed by atoms with van der Waals surface area (Å²) in [5.74, 6) is -10.4. The van der Waals surface area contributed by atoms with E-state index in [0.717, 1.165) is 0 Å². The van der Waals surface area contributed by atoms with Crippen LogP contribution in [0.1, 0.15) is 11.5 Å². The highest BCUT2D eigenvalue weighted by atomic mass is 19.2. The highest BCUT2D eigenvalue weighted by Crippen LogP contribution is 2.32. The van der Waals surface area contributed by atoms with Crippen molar-refractivity contribution in [2.75, 3.05) is 0 Å². The van der Waals surface area contributed by atoms with Crippen molar-refractivity contribution < 1.29 is 22.0 Å². The molecule has 0 saturated heterocycles. The fraction of sp³-hybridized carbons (Fsp3) is 0.0909. The van der Waals surface area contributed by atoms with Gasteiger partial charge in [-0.15, -0.1) is 0 Å². The van der Waals surface area contributed by atoms with Crippen molar-refractivity contribution in [3.8, 4) is 0 Å². The molecule has 0 N–H and O–H groups in total. The van der Waals surface area contributed by atoms with Crippen LogP contribution in [0.4, 0.5) is 22.0 Å². The molecule has 84 valence electrons. The molecule has 0 atom stereocenters. The quantitative estimate of drug-likeness (QED) is 0.394. The van der Waals surface area contributed by atoms with Gasteiger partial charge in [0.05, 0.1) is 0 Å². The van der Waals surface area contributed by atoms with Crippen molar-refractivity contribution in [2.45, 2.75) is 5.92 Å². The predicted octanol–water partition coefficient (Wildman–Crippen LogP) is 3.59. The number of halogens is 5. The second-order valence-electron chi connectivity index (χ2n) is 3.28. The molecule has 0 unspecified atom stereocenters. The lowest BCUT2D eigenvalue weighted by Gasteiger charge is -2.11. The number of hydrogen-bond donors (Lipinski definition) is 0. The van der Waals surface area contributed by atoms with E-state index in [1.54, 1.807) is 0 Å². The summed E-state index contributed by atoms with van der Waals surface area (Å²) in [6, 6.07) is 0. The molecule has 0 heterocycles. The molecule has 0 aliphatic heterocycles. The van der Waals surface area contributed by atoms with Gasteiger partial charge in [-0.1, -0.05) is 24.3 Å². The summed E-state index contributed by atoms with van der Waals surface area (Å²) >= 11 is 0. The van der Waals surface area contributed by atoms with Crippen LogP contribution < -0.4 is 0 Å². The van der Waals surface area contributed by atoms with Gasteiger partial charge in [0, 0.05) is 11.5 Å². The Kier molecular flexibility index (Phi) is 2.53. The number of allylic oxidation sites excluding steroid dienone is 4. The fourth-order valence-electron chi connectivity index (χ4n) is 1.54. The molecule has 0 radical (unpaired) electrons. The first-order valence-electron chi connectivity index (χ1n) is 4.40. The molecule has 5 heteroatoms. The molecule has 0 bridgehead atoms. The molecule has 0 nitrogen and oxygen atoms in total. The summed E-state index contributed by atoms with van der Waals surface area (Å²) in [7, 11) is 0. The molecule has 1 aromatic rings. The van der Waals surface area contributed by atoms with E-state index < -0.39 is 40.6 Å². The zero-order valence-electron chi connectivity index (χ0n) is 7.78. The van der Waals surface area contributed by atoms with Crippen molar-refractivity contribution >= 4 is 0 Å². The van der Waals surface area contributed by atoms with E-state index in [1.807, 2.05) is 0 Å². The first-order chi connectivity index (χ1) is 7.54. The summed E-state index contributed by atoms with van der Waals surface area (Å²) in [6.07, 6.45) is 5.64. The molecular formula is C11H5F5. The predicted molar refractivity (Wildman–Crippen MR) is 47.3 cm³/mol. The molecule has 0 fully saturated rings. The zero-order valence-corrected chi connectivity index (χ0v) is 7.78. The van der Waals surface area contributed by atoms with Crippen LogP contribution in [0.2, 0.25) is 0 Å². The average molecular weight is 232 g/mol. The molecule has 0 amide bonds. The highest BCUT2D eigenvalue weighted by Gasteiger charge is 2.28. The third-order valence-corrected chi connectivity index (χ3v) is 2.33. The topological polar surface area (TPSA) is 0 Å². The highest BCUT2D eigenvalue weighted by molar-refractivity contribution is 5.37. The van der Waals surface area contributed by atoms with E-state index in [1.165, 1.54) is 24.3 Å². The molecule has 1 aromatic carbocycles. The number of rotatable bonds is 1. The van der Waals surface area contributed by atoms with Gasteiger partial charge in [-0.05, 0) is 0 Å². The lowest BCUT2D eigenvalue weighted by molar-refractivity contribution is 0.370. The van der Waals surface area contributed by atoms with Crippen LogP contribution in [-0.2, 0) is 0 Å². The molecule has 1 aliphatic carbocycles. The van der Waals surface area contributed by atoms with Gasteiger partial charge < -0.3 is 0 Å². The zero-order chi connectivity index (χ0) is 11.9. The maximum atomic E-state index is 13.3. The van der Waals surface area contributed by atoms with Crippen molar-refractivity contribution in [2.24, 2.45) is 0 Å². The van der Waals surface area contributed by atoms with E-state index in [4.69, 9.17) is 0 Å². The first-order valence-corrected chi connectivity index (χ1v) is 4.40. The fourth-order valence-corrected chi connectivity index (χ4v) is 1.54. The Hall–Kier alpha value is -1.65. The standard InChI is InChI=1S/C11H5F5/c12-7-6(5-3-1-2-4-5)8(13)10(15)11(16)9(7)14/h1-5H. The van der Waals surface area contributed by atoms with Crippen molar-refractivity contribution in [3.05, 3.63) is 59.0 Å². The second kappa shape index (κ2) is 3.73. The summed E-state index contributed by atoms with van der Waals surface area (Å²) in [5.41, 5.74) is -0.818. The van der Waals surface area contributed by atoms with Crippen LogP contribution >= 0.6 is 0 Å². The van der Waals surface area contributed by atoms with Gasteiger partial charge in [0.15, 0.2) is 23.3 Å². The molecule has 16 heavy (non-hydrogen) atoms. The maximum absolute atomic E-state index is 13.3. The van der Waals surface area contributed by atoms with Crippen LogP contribution in [-0.4, -0.2) is 0 Å². The normalized spacial score (nSPS) is 15.1. The Balaban J connectivity index is 2.69. The smallest absolute Gasteiger partial charge is 0.200 e. The Bertz CT molecular complexity index is 461. The van der Waals surface area contributed by atoms with Crippen molar-refractivity contribution in [1.29, 1.82) is 0 Å². The van der Waals surface area contributed by atoms with Gasteiger partial charge in [0.1, 0.15) is 0 Å². The monoisotopic (exact) mass is 232 g/mol. The molecular weight excluding hydrogens is 227 g/mol. The minimum absolute atomic E-state index is 0.818. The summed E-state index contributed by atoms with van der Waals surface area (Å²) in [5, 5.41) is 0. The largest absolute Gasteiger partial charge is 0.203 e. The third kappa shape index (κ3) is 1.43. The number of benzene rings is 1. The average Bonchev–Trinajstić information content (AvgIpc) is 2.77. The Morgan fingerprint density at radius 3 is 1.44 bits per heavy atom. The molecule has 0 spiro atoms. The van der Waals surface area contributed by atoms with Gasteiger partial charge in [-0.25, -0.2) is 22.0 Å². The van der Waals surface area contributed by atoms with Crippen molar-refractivity contribution in [3.63, 3.8) is 0 Å². The summed E-state index contributed by atoms with van der Waals surface area (Å²) in [6.45, 7) is 0. The van der Waals surface area contributed by atoms with Gasteiger partial charge in [0.2, 0.25) is 5.82 Å². The van der Waals surface area contributed by atoms with Crippen LogP contribution in [0.15, 0.2) is 24.3 Å². The Morgan fingerprint density at radius 1 is 0.625 bits per heavy atom. The van der Waals surface area contributed by atoms with E-state index in [2.05, 4.69) is 0 Å². The third-order valence-electron chi connectivity index (χ3n) is 2.33. The SMILES string of the molecule is Fc1c(F)c(F)c(C2C=CC=C2)c(F)c1F. The first kappa shape index (κ1) is 10.9. The van der Waals surface area contributed by atoms with E-state index >= 15 is 0 Å². The molecule has 0 saturated carbocycles. The summed E-state index contributed by atoms with van der Waals surface area (Å²) < 4.78 is 64.9. The second-order valence-corrected chi connectivity index (χ2v) is 3.28. The number of hydrogen-bond acceptors (Lipinski definition) is 0. The van der Waals surface area contributed by atoms with Gasteiger partial charge >= 0.3 is 0 Å². The minimum atomic E-state index is -2.13. The minimum Gasteiger partial charge on any atom is -0.203 e. The van der Waals surface area contributed by atoms with Crippen LogP contribution in [0, 0.1) is 29.1 Å². The van der Waals surface area contributed by atoms with Crippen molar-refractivity contribution in [1.82, 2.24) is 0 Å². The lowest BCUT2D eigenvalue weighted by Crippen LogP contribution is -2.08. The maximum Gasteiger partial charge on any atom is 0.200 e. The van der Waals surface area contributed by atoms with Gasteiger partial charge in [-0.2, -0.15) is 0 Å². The van der Waals surface area contributed by atoms with Crippen LogP contribution in [0.25, 0.3) is 0 Å². The van der Waals surface area contributed by atoms with Crippen LogP contribution in [0.3, 0.4) is 0 Å². The van der Waals surface area contributed by atoms with E-state index in [0.29, 0.717) is 0 Å². The Morgan fingerprint density at radius 2 is 1.00 bits per heavy atom. The Labute approximate surface area is 87.7 Å². The van der Waals surface area contributed by atoms with E-state index in [-0.39, 0.29) is 0 Å². The van der Waals surface area contributed by atoms with Crippen LogP contribution in [0.5, 0.6) is 0 Å². The van der Waals surface area contributed by atoms with Gasteiger partial charge in [0.25, 0.3) is 0 Å². The van der Waals surface area contributed by atoms with E-state index in [9.17, 15) is 22.0 Å². The lowest BCUT2D eigenvalue weighted by atomic mass is 9.99. The summed E-state index contributed by atoms with van der Waals surface area (Å²) in [4.78, 5) is 0. The van der Waals surface area contributed by atoms with Gasteiger partial charge in [-0.3, -0.25) is 0 Å². The molecule has 0 aromatic heterocycles.